The van der Waals surface area contributed by atoms with Gasteiger partial charge in [0.2, 0.25) is 9.05 Å². The van der Waals surface area contributed by atoms with Crippen molar-refractivity contribution < 1.29 is 8.42 Å². The Balaban J connectivity index is 2.68. The van der Waals surface area contributed by atoms with E-state index in [0.29, 0.717) is 0 Å². The average molecular weight is 208 g/mol. The number of nitrogens with one attached hydrogen (secondary N) is 1. The first-order chi connectivity index (χ1) is 5.49. The fourth-order valence-corrected chi connectivity index (χ4v) is 2.38. The van der Waals surface area contributed by atoms with Crippen LogP contribution in [-0.4, -0.2) is 19.2 Å². The minimum absolute atomic E-state index is 0.0327. The van der Waals surface area contributed by atoms with Gasteiger partial charge in [0.25, 0.3) is 0 Å². The molecule has 0 aliphatic heterocycles. The predicted molar refractivity (Wildman–Crippen MR) is 48.8 cm³/mol. The molecule has 68 valence electrons. The highest BCUT2D eigenvalue weighted by atomic mass is 35.7. The molecule has 0 radical (unpaired) electrons. The van der Waals surface area contributed by atoms with E-state index in [1.807, 2.05) is 19.1 Å². The Morgan fingerprint density at radius 1 is 1.67 bits per heavy atom. The van der Waals surface area contributed by atoms with Crippen LogP contribution in [0.25, 0.3) is 0 Å². The molecule has 1 heterocycles. The number of hydrogen-bond donors (Lipinski definition) is 1. The van der Waals surface area contributed by atoms with Crippen molar-refractivity contribution in [2.45, 2.75) is 12.8 Å². The molecule has 1 unspecified atom stereocenters. The quantitative estimate of drug-likeness (QED) is 0.767. The Morgan fingerprint density at radius 2 is 2.33 bits per heavy atom. The van der Waals surface area contributed by atoms with E-state index in [9.17, 15) is 8.42 Å². The molecule has 0 spiro atoms. The zero-order valence-corrected chi connectivity index (χ0v) is 8.19. The van der Waals surface area contributed by atoms with Crippen molar-refractivity contribution >= 4 is 19.7 Å². The lowest BCUT2D eigenvalue weighted by atomic mass is 10.1. The first-order valence-electron chi connectivity index (χ1n) is 3.54. The van der Waals surface area contributed by atoms with Crippen LogP contribution in [-0.2, 0) is 9.05 Å². The van der Waals surface area contributed by atoms with Gasteiger partial charge in [-0.05, 0) is 12.1 Å². The Kier molecular flexibility index (Phi) is 2.80. The van der Waals surface area contributed by atoms with Crippen molar-refractivity contribution in [1.82, 2.24) is 4.98 Å². The lowest BCUT2D eigenvalue weighted by molar-refractivity contribution is 0.603. The van der Waals surface area contributed by atoms with E-state index in [2.05, 4.69) is 4.98 Å². The molecule has 1 atom stereocenters. The molecule has 0 aromatic carbocycles. The van der Waals surface area contributed by atoms with Crippen LogP contribution in [0.15, 0.2) is 18.3 Å². The van der Waals surface area contributed by atoms with Gasteiger partial charge in [0.1, 0.15) is 0 Å². The van der Waals surface area contributed by atoms with Gasteiger partial charge in [0.05, 0.1) is 5.75 Å². The van der Waals surface area contributed by atoms with Crippen LogP contribution < -0.4 is 0 Å². The molecular weight excluding hydrogens is 198 g/mol. The summed E-state index contributed by atoms with van der Waals surface area (Å²) in [6, 6.07) is 3.67. The van der Waals surface area contributed by atoms with E-state index in [4.69, 9.17) is 10.7 Å². The Morgan fingerprint density at radius 3 is 2.75 bits per heavy atom. The first kappa shape index (κ1) is 9.61. The maximum Gasteiger partial charge on any atom is 0.233 e. The molecule has 0 fully saturated rings. The molecule has 1 aromatic rings. The number of halogens is 1. The van der Waals surface area contributed by atoms with E-state index in [0.717, 1.165) is 5.69 Å². The van der Waals surface area contributed by atoms with Crippen molar-refractivity contribution in [2.75, 3.05) is 5.75 Å². The molecule has 0 amide bonds. The van der Waals surface area contributed by atoms with Gasteiger partial charge in [-0.3, -0.25) is 0 Å². The summed E-state index contributed by atoms with van der Waals surface area (Å²) in [5.41, 5.74) is 0.888. The summed E-state index contributed by atoms with van der Waals surface area (Å²) < 4.78 is 21.4. The Hall–Kier alpha value is -0.480. The zero-order valence-electron chi connectivity index (χ0n) is 6.62. The molecule has 1 aromatic heterocycles. The summed E-state index contributed by atoms with van der Waals surface area (Å²) in [6.07, 6.45) is 1.76. The monoisotopic (exact) mass is 207 g/mol. The summed E-state index contributed by atoms with van der Waals surface area (Å²) in [5.74, 6) is -0.114. The van der Waals surface area contributed by atoms with Gasteiger partial charge in [-0.2, -0.15) is 0 Å². The lowest BCUT2D eigenvalue weighted by Gasteiger charge is -2.05. The minimum Gasteiger partial charge on any atom is -0.365 e. The van der Waals surface area contributed by atoms with Crippen molar-refractivity contribution in [3.05, 3.63) is 24.0 Å². The van der Waals surface area contributed by atoms with Gasteiger partial charge < -0.3 is 4.98 Å². The molecule has 3 nitrogen and oxygen atoms in total. The smallest absolute Gasteiger partial charge is 0.233 e. The average Bonchev–Trinajstić information content (AvgIpc) is 2.32. The maximum atomic E-state index is 10.7. The number of aromatic nitrogens is 1. The van der Waals surface area contributed by atoms with E-state index >= 15 is 0 Å². The van der Waals surface area contributed by atoms with Gasteiger partial charge in [-0.15, -0.1) is 0 Å². The third-order valence-electron chi connectivity index (χ3n) is 1.60. The van der Waals surface area contributed by atoms with Crippen molar-refractivity contribution in [3.63, 3.8) is 0 Å². The highest BCUT2D eigenvalue weighted by Gasteiger charge is 2.14. The topological polar surface area (TPSA) is 49.9 Å². The third-order valence-corrected chi connectivity index (χ3v) is 2.88. The van der Waals surface area contributed by atoms with E-state index < -0.39 is 9.05 Å². The highest BCUT2D eigenvalue weighted by Crippen LogP contribution is 2.16. The standard InChI is InChI=1S/C7H10ClNO2S/c1-6(5-12(8,10)11)7-3-2-4-9-7/h2-4,6,9H,5H2,1H3. The SMILES string of the molecule is CC(CS(=O)(=O)Cl)c1ccc[nH]1. The Bertz CT molecular complexity index is 330. The fraction of sp³-hybridized carbons (Fsp3) is 0.429. The second-order valence-electron chi connectivity index (χ2n) is 2.73. The molecule has 1 N–H and O–H groups in total. The number of hydrogen-bond acceptors (Lipinski definition) is 2. The largest absolute Gasteiger partial charge is 0.365 e. The summed E-state index contributed by atoms with van der Waals surface area (Å²) in [6.45, 7) is 1.81. The van der Waals surface area contributed by atoms with Crippen LogP contribution in [0.4, 0.5) is 0 Å². The molecule has 5 heteroatoms. The predicted octanol–water partition coefficient (Wildman–Crippen LogP) is 1.69. The highest BCUT2D eigenvalue weighted by molar-refractivity contribution is 8.13. The third kappa shape index (κ3) is 2.87. The molecule has 1 rings (SSSR count). The summed E-state index contributed by atoms with van der Waals surface area (Å²) in [4.78, 5) is 2.94. The molecule has 0 bridgehead atoms. The second kappa shape index (κ2) is 3.49. The summed E-state index contributed by atoms with van der Waals surface area (Å²) in [5, 5.41) is 0. The number of H-pyrrole nitrogens is 1. The fourth-order valence-electron chi connectivity index (χ4n) is 1.04. The van der Waals surface area contributed by atoms with Gasteiger partial charge in [-0.1, -0.05) is 6.92 Å². The van der Waals surface area contributed by atoms with Crippen molar-refractivity contribution in [1.29, 1.82) is 0 Å². The van der Waals surface area contributed by atoms with Crippen LogP contribution in [0.1, 0.15) is 18.5 Å². The second-order valence-corrected chi connectivity index (χ2v) is 5.55. The van der Waals surface area contributed by atoms with Gasteiger partial charge >= 0.3 is 0 Å². The van der Waals surface area contributed by atoms with Gasteiger partial charge in [0.15, 0.2) is 0 Å². The molecule has 0 aliphatic carbocycles. The first-order valence-corrected chi connectivity index (χ1v) is 6.02. The van der Waals surface area contributed by atoms with E-state index in [1.54, 1.807) is 6.20 Å². The van der Waals surface area contributed by atoms with Crippen LogP contribution >= 0.6 is 10.7 Å². The summed E-state index contributed by atoms with van der Waals surface area (Å²) in [7, 11) is 1.71. The van der Waals surface area contributed by atoms with Gasteiger partial charge in [0, 0.05) is 28.5 Å². The van der Waals surface area contributed by atoms with Crippen LogP contribution in [0.5, 0.6) is 0 Å². The summed E-state index contributed by atoms with van der Waals surface area (Å²) >= 11 is 0. The van der Waals surface area contributed by atoms with Crippen LogP contribution in [0, 0.1) is 0 Å². The molecule has 0 saturated heterocycles. The Labute approximate surface area is 76.2 Å². The zero-order chi connectivity index (χ0) is 9.19. The van der Waals surface area contributed by atoms with Crippen molar-refractivity contribution in [2.24, 2.45) is 0 Å². The molecular formula is C7H10ClNO2S. The number of rotatable bonds is 3. The maximum absolute atomic E-state index is 10.7. The lowest BCUT2D eigenvalue weighted by Crippen LogP contribution is -2.06. The van der Waals surface area contributed by atoms with Crippen molar-refractivity contribution in [3.8, 4) is 0 Å². The van der Waals surface area contributed by atoms with E-state index in [-0.39, 0.29) is 11.7 Å². The van der Waals surface area contributed by atoms with Crippen LogP contribution in [0.3, 0.4) is 0 Å². The van der Waals surface area contributed by atoms with E-state index in [1.165, 1.54) is 0 Å². The molecule has 0 aliphatic rings. The minimum atomic E-state index is -3.40. The van der Waals surface area contributed by atoms with Gasteiger partial charge in [-0.25, -0.2) is 8.42 Å². The molecule has 12 heavy (non-hydrogen) atoms. The molecule has 0 saturated carbocycles. The van der Waals surface area contributed by atoms with Crippen LogP contribution in [0.2, 0.25) is 0 Å². The number of aromatic amines is 1. The normalized spacial score (nSPS) is 14.5.